The fraction of sp³-hybridized carbons (Fsp3) is 0.513. The molecule has 0 aliphatic carbocycles. The summed E-state index contributed by atoms with van der Waals surface area (Å²) in [4.78, 5) is 118. The number of carbonyl (C=O) groups excluding carboxylic acids is 6. The lowest BCUT2D eigenvalue weighted by molar-refractivity contribution is -0.146. The first-order chi connectivity index (χ1) is 29.1. The van der Waals surface area contributed by atoms with E-state index in [4.69, 9.17) is 5.73 Å². The molecule has 2 aliphatic rings. The number of hydrogen-bond donors (Lipinski definition) is 11. The van der Waals surface area contributed by atoms with Crippen LogP contribution in [-0.2, 0) is 51.2 Å². The largest absolute Gasteiger partial charge is 0.481 e. The summed E-state index contributed by atoms with van der Waals surface area (Å²) in [6.07, 6.45) is 3.23. The monoisotopic (exact) mass is 852 g/mol. The maximum absolute atomic E-state index is 14.5. The molecule has 0 saturated carbocycles. The van der Waals surface area contributed by atoms with E-state index in [1.807, 2.05) is 18.2 Å². The smallest absolute Gasteiger partial charge is 0.328 e. The first-order valence-electron chi connectivity index (χ1n) is 19.9. The highest BCUT2D eigenvalue weighted by Gasteiger charge is 2.42. The van der Waals surface area contributed by atoms with Gasteiger partial charge in [0.05, 0.1) is 19.0 Å². The van der Waals surface area contributed by atoms with E-state index in [9.17, 15) is 58.8 Å². The predicted octanol–water partition coefficient (Wildman–Crippen LogP) is -2.75. The summed E-state index contributed by atoms with van der Waals surface area (Å²) in [6.45, 7) is 0.563. The minimum Gasteiger partial charge on any atom is -0.481 e. The molecular formula is C39H52N10O12. The van der Waals surface area contributed by atoms with E-state index in [2.05, 4.69) is 36.2 Å². The fourth-order valence-electron chi connectivity index (χ4n) is 7.56. The Morgan fingerprint density at radius 2 is 1.43 bits per heavy atom. The van der Waals surface area contributed by atoms with Crippen LogP contribution in [-0.4, -0.2) is 161 Å². The molecule has 22 nitrogen and oxygen atoms in total. The molecule has 1 aromatic carbocycles. The zero-order valence-electron chi connectivity index (χ0n) is 33.4. The Morgan fingerprint density at radius 3 is 2.00 bits per heavy atom. The number of aromatic amines is 2. The third-order valence-corrected chi connectivity index (χ3v) is 10.9. The van der Waals surface area contributed by atoms with Crippen LogP contribution in [0.1, 0.15) is 56.7 Å². The van der Waals surface area contributed by atoms with Gasteiger partial charge in [0.15, 0.2) is 0 Å². The number of nitrogens with one attached hydrogen (secondary N) is 6. The van der Waals surface area contributed by atoms with Crippen LogP contribution in [0.25, 0.3) is 10.9 Å². The molecule has 2 fully saturated rings. The number of amides is 6. The van der Waals surface area contributed by atoms with Crippen LogP contribution in [0.2, 0.25) is 0 Å². The molecule has 12 N–H and O–H groups in total. The van der Waals surface area contributed by atoms with Gasteiger partial charge in [-0.3, -0.25) is 33.6 Å². The van der Waals surface area contributed by atoms with Gasteiger partial charge in [0.25, 0.3) is 0 Å². The van der Waals surface area contributed by atoms with Crippen molar-refractivity contribution >= 4 is 58.3 Å². The van der Waals surface area contributed by atoms with E-state index < -0.39 is 109 Å². The van der Waals surface area contributed by atoms with Gasteiger partial charge in [0.1, 0.15) is 42.3 Å². The minimum absolute atomic E-state index is 0.0630. The van der Waals surface area contributed by atoms with Crippen molar-refractivity contribution in [3.63, 3.8) is 0 Å². The van der Waals surface area contributed by atoms with Gasteiger partial charge in [-0.15, -0.1) is 0 Å². The molecule has 8 atom stereocenters. The number of para-hydroxylation sites is 1. The van der Waals surface area contributed by atoms with Crippen LogP contribution in [0.4, 0.5) is 0 Å². The number of aromatic nitrogens is 3. The molecule has 0 radical (unpaired) electrons. The topological polar surface area (TPSA) is 343 Å². The number of aliphatic hydroxyl groups excluding tert-OH is 2. The highest BCUT2D eigenvalue weighted by Crippen LogP contribution is 2.24. The second-order valence-electron chi connectivity index (χ2n) is 15.2. The Kier molecular flexibility index (Phi) is 15.5. The van der Waals surface area contributed by atoms with Crippen molar-refractivity contribution in [2.75, 3.05) is 19.7 Å². The number of hydrogen-bond acceptors (Lipinski definition) is 12. The number of nitrogens with two attached hydrogens (primary N) is 1. The number of imidazole rings is 1. The molecule has 2 aromatic heterocycles. The van der Waals surface area contributed by atoms with Crippen LogP contribution >= 0.6 is 0 Å². The number of carbonyl (C=O) groups is 8. The van der Waals surface area contributed by atoms with Gasteiger partial charge in [-0.1, -0.05) is 18.2 Å². The molecule has 330 valence electrons. The van der Waals surface area contributed by atoms with Gasteiger partial charge >= 0.3 is 11.9 Å². The van der Waals surface area contributed by atoms with Gasteiger partial charge in [-0.05, 0) is 50.7 Å². The second-order valence-corrected chi connectivity index (χ2v) is 15.2. The molecule has 0 bridgehead atoms. The molecular weight excluding hydrogens is 800 g/mol. The van der Waals surface area contributed by atoms with Crippen molar-refractivity contribution in [2.45, 2.75) is 107 Å². The Bertz CT molecular complexity index is 2070. The van der Waals surface area contributed by atoms with E-state index in [1.165, 1.54) is 29.2 Å². The first kappa shape index (κ1) is 45.7. The summed E-state index contributed by atoms with van der Waals surface area (Å²) >= 11 is 0. The van der Waals surface area contributed by atoms with Gasteiger partial charge in [0, 0.05) is 61.3 Å². The average Bonchev–Trinajstić information content (AvgIpc) is 4.08. The Morgan fingerprint density at radius 1 is 0.820 bits per heavy atom. The van der Waals surface area contributed by atoms with Crippen molar-refractivity contribution in [3.05, 3.63) is 54.2 Å². The van der Waals surface area contributed by atoms with Gasteiger partial charge in [-0.25, -0.2) is 9.78 Å². The van der Waals surface area contributed by atoms with Crippen molar-refractivity contribution < 1.29 is 58.8 Å². The Labute approximate surface area is 349 Å². The van der Waals surface area contributed by atoms with E-state index in [-0.39, 0.29) is 45.2 Å². The predicted molar refractivity (Wildman–Crippen MR) is 213 cm³/mol. The lowest BCUT2D eigenvalue weighted by Crippen LogP contribution is -2.60. The van der Waals surface area contributed by atoms with Crippen LogP contribution in [0, 0.1) is 0 Å². The number of fused-ring (bicyclic) bond motifs is 1. The quantitative estimate of drug-likeness (QED) is 0.0549. The number of carboxylic acids is 2. The number of rotatable bonds is 20. The minimum atomic E-state index is -1.60. The number of benzene rings is 1. The van der Waals surface area contributed by atoms with Gasteiger partial charge in [-0.2, -0.15) is 0 Å². The molecule has 61 heavy (non-hydrogen) atoms. The normalized spacial score (nSPS) is 19.3. The van der Waals surface area contributed by atoms with Crippen LogP contribution in [0.5, 0.6) is 0 Å². The number of aliphatic hydroxyl groups is 2. The lowest BCUT2D eigenvalue weighted by atomic mass is 10.0. The number of carboxylic acid groups (broad SMARTS) is 2. The van der Waals surface area contributed by atoms with Crippen molar-refractivity contribution in [3.8, 4) is 0 Å². The third kappa shape index (κ3) is 11.5. The Hall–Kier alpha value is -6.39. The summed E-state index contributed by atoms with van der Waals surface area (Å²) < 4.78 is 0. The maximum Gasteiger partial charge on any atom is 0.328 e. The number of likely N-dealkylation sites (tertiary alicyclic amines) is 2. The SMILES string of the molecule is C[C@@H](O)[C@H](N)C(=O)N[C@@H](CCC(=O)O)C(=O)N1CCC[C@H]1C(=O)N[C@@H](Cc1cnc[nH]1)C(=O)N[C@@H](Cc1c[nH]c2ccccc12)C(=O)N1CCC[C@H]1C(=O)N[C@@H](CO)C(=O)O. The van der Waals surface area contributed by atoms with Gasteiger partial charge < -0.3 is 67.2 Å². The zero-order valence-corrected chi connectivity index (χ0v) is 33.4. The molecule has 0 unspecified atom stereocenters. The summed E-state index contributed by atoms with van der Waals surface area (Å²) in [5.74, 6) is -7.37. The second kappa shape index (κ2) is 20.7. The van der Waals surface area contributed by atoms with Gasteiger partial charge in [0.2, 0.25) is 35.4 Å². The molecule has 6 amide bonds. The average molecular weight is 853 g/mol. The molecule has 2 aliphatic heterocycles. The molecule has 3 aromatic rings. The number of aliphatic carboxylic acids is 2. The van der Waals surface area contributed by atoms with E-state index in [0.717, 1.165) is 10.9 Å². The standard InChI is InChI=1S/C39H52N10O12/c1-20(51)32(40)36(57)44-25(10-11-31(52)53)37(58)48-12-4-8-29(48)34(55)45-26(15-22-17-41-19-43-22)33(54)46-27(14-21-16-42-24-7-3-2-6-23(21)24)38(59)49-13-5-9-30(49)35(56)47-28(18-50)39(60)61/h2-3,6-7,16-17,19-20,25-30,32,42,50-51H,4-5,8-15,18,40H2,1H3,(H,41,43)(H,44,57)(H,45,55)(H,46,54)(H,47,56)(H,52,53)(H,60,61)/t20-,25+,26+,27+,28+,29+,30+,32+/m1/s1. The van der Waals surface area contributed by atoms with Crippen molar-refractivity contribution in [1.82, 2.24) is 46.0 Å². The maximum atomic E-state index is 14.5. The molecule has 5 rings (SSSR count). The fourth-order valence-corrected chi connectivity index (χ4v) is 7.56. The molecule has 0 spiro atoms. The Balaban J connectivity index is 1.40. The van der Waals surface area contributed by atoms with E-state index in [1.54, 1.807) is 12.3 Å². The first-order valence-corrected chi connectivity index (χ1v) is 19.9. The van der Waals surface area contributed by atoms with E-state index in [0.29, 0.717) is 24.1 Å². The number of H-pyrrole nitrogens is 2. The highest BCUT2D eigenvalue weighted by atomic mass is 16.4. The number of nitrogens with zero attached hydrogens (tertiary/aromatic N) is 3. The zero-order chi connectivity index (χ0) is 44.4. The van der Waals surface area contributed by atoms with Crippen LogP contribution in [0.3, 0.4) is 0 Å². The van der Waals surface area contributed by atoms with E-state index >= 15 is 0 Å². The summed E-state index contributed by atoms with van der Waals surface area (Å²) in [5.41, 5.74) is 7.58. The molecule has 22 heteroatoms. The van der Waals surface area contributed by atoms with Crippen LogP contribution in [0.15, 0.2) is 43.0 Å². The summed E-state index contributed by atoms with van der Waals surface area (Å²) in [6, 6.07) is -2.10. The van der Waals surface area contributed by atoms with Crippen LogP contribution < -0.4 is 27.0 Å². The summed E-state index contributed by atoms with van der Waals surface area (Å²) in [7, 11) is 0. The van der Waals surface area contributed by atoms with Crippen molar-refractivity contribution in [1.29, 1.82) is 0 Å². The molecule has 4 heterocycles. The molecule has 2 saturated heterocycles. The lowest BCUT2D eigenvalue weighted by Gasteiger charge is -2.31. The van der Waals surface area contributed by atoms with Crippen molar-refractivity contribution in [2.24, 2.45) is 5.73 Å². The summed E-state index contributed by atoms with van der Waals surface area (Å²) in [5, 5.41) is 49.0. The highest BCUT2D eigenvalue weighted by molar-refractivity contribution is 5.98. The third-order valence-electron chi connectivity index (χ3n) is 10.9.